The van der Waals surface area contributed by atoms with Gasteiger partial charge in [-0.05, 0) is 101 Å². The monoisotopic (exact) mass is 817 g/mol. The molecule has 4 fully saturated rings. The van der Waals surface area contributed by atoms with E-state index >= 15 is 0 Å². The maximum atomic E-state index is 15.0. The van der Waals surface area contributed by atoms with E-state index in [2.05, 4.69) is 35.7 Å². The third-order valence-corrected chi connectivity index (χ3v) is 12.7. The van der Waals surface area contributed by atoms with Crippen molar-refractivity contribution in [1.29, 1.82) is 0 Å². The average Bonchev–Trinajstić information content (AvgIpc) is 3.59. The van der Waals surface area contributed by atoms with E-state index in [4.69, 9.17) is 4.42 Å². The summed E-state index contributed by atoms with van der Waals surface area (Å²) in [4.78, 5) is 76.2. The molecule has 3 N–H and O–H groups in total. The van der Waals surface area contributed by atoms with E-state index < -0.39 is 23.5 Å². The van der Waals surface area contributed by atoms with Gasteiger partial charge in [0.05, 0.1) is 11.7 Å². The summed E-state index contributed by atoms with van der Waals surface area (Å²) in [6, 6.07) is 17.5. The molecule has 1 aliphatic carbocycles. The predicted molar refractivity (Wildman–Crippen MR) is 222 cm³/mol. The number of carbonyl (C=O) groups excluding carboxylic acids is 3. The lowest BCUT2D eigenvalue weighted by atomic mass is 9.89. The molecule has 16 heteroatoms. The van der Waals surface area contributed by atoms with Crippen LogP contribution in [0.3, 0.4) is 0 Å². The van der Waals surface area contributed by atoms with Gasteiger partial charge in [0.15, 0.2) is 11.4 Å². The average molecular weight is 818 g/mol. The van der Waals surface area contributed by atoms with Gasteiger partial charge in [-0.15, -0.1) is 0 Å². The second-order valence-electron chi connectivity index (χ2n) is 16.4. The van der Waals surface area contributed by atoms with E-state index in [1.165, 1.54) is 21.4 Å². The number of piperidine rings is 3. The van der Waals surface area contributed by atoms with Crippen LogP contribution in [0.4, 0.5) is 16.0 Å². The van der Waals surface area contributed by atoms with Crippen molar-refractivity contribution >= 4 is 40.5 Å². The van der Waals surface area contributed by atoms with Gasteiger partial charge in [0.25, 0.3) is 5.56 Å². The van der Waals surface area contributed by atoms with Gasteiger partial charge >= 0.3 is 5.76 Å². The van der Waals surface area contributed by atoms with Crippen LogP contribution in [-0.2, 0) is 14.4 Å². The Morgan fingerprint density at radius 2 is 1.60 bits per heavy atom. The molecule has 3 aliphatic heterocycles. The quantitative estimate of drug-likeness (QED) is 0.178. The number of carbonyl (C=O) groups is 3. The van der Waals surface area contributed by atoms with Crippen LogP contribution >= 0.6 is 0 Å². The molecule has 9 rings (SSSR count). The van der Waals surface area contributed by atoms with Crippen molar-refractivity contribution in [2.75, 3.05) is 36.4 Å². The van der Waals surface area contributed by atoms with Gasteiger partial charge in [-0.1, -0.05) is 18.2 Å². The normalized spacial score (nSPS) is 22.1. The van der Waals surface area contributed by atoms with E-state index in [0.717, 1.165) is 83.2 Å². The van der Waals surface area contributed by atoms with Crippen LogP contribution in [-0.4, -0.2) is 86.0 Å². The molecule has 3 amide bonds. The first kappa shape index (κ1) is 39.3. The Hall–Kier alpha value is -6.16. The number of hydrogen-bond donors (Lipinski definition) is 3. The van der Waals surface area contributed by atoms with Gasteiger partial charge in [-0.3, -0.25) is 33.6 Å². The van der Waals surface area contributed by atoms with Crippen molar-refractivity contribution in [1.82, 2.24) is 34.6 Å². The van der Waals surface area contributed by atoms with Gasteiger partial charge in [0.1, 0.15) is 11.7 Å². The number of nitrogens with one attached hydrogen (secondary N) is 3. The molecular weight excluding hydrogens is 770 g/mol. The van der Waals surface area contributed by atoms with E-state index in [0.29, 0.717) is 34.3 Å². The molecule has 60 heavy (non-hydrogen) atoms. The number of benzene rings is 2. The second kappa shape index (κ2) is 16.8. The zero-order chi connectivity index (χ0) is 41.3. The molecule has 0 bridgehead atoms. The molecule has 0 radical (unpaired) electrons. The summed E-state index contributed by atoms with van der Waals surface area (Å²) >= 11 is 0. The van der Waals surface area contributed by atoms with Crippen molar-refractivity contribution in [3.63, 3.8) is 0 Å². The Morgan fingerprint density at radius 1 is 0.817 bits per heavy atom. The van der Waals surface area contributed by atoms with Crippen LogP contribution in [0.1, 0.15) is 70.3 Å². The number of aromatic nitrogens is 4. The number of likely N-dealkylation sites (tertiary alicyclic amines) is 1. The SMILES string of the molecule is O=C1CCC(n2c(=O)oc3cc(N4CCC(N5CCC(C(=O)NC6CCC(Nc7ncc(F)c(-c8cccc(-n9ccccc9=O)c8)n7)CC6)CC5)CC4)ccc32)C(=O)N1. The number of hydrogen-bond acceptors (Lipinski definition) is 11. The van der Waals surface area contributed by atoms with Gasteiger partial charge in [-0.25, -0.2) is 19.2 Å². The smallest absolute Gasteiger partial charge is 0.408 e. The predicted octanol–water partition coefficient (Wildman–Crippen LogP) is 4.54. The fraction of sp³-hybridized carbons (Fsp3) is 0.432. The minimum Gasteiger partial charge on any atom is -0.408 e. The number of pyridine rings is 1. The highest BCUT2D eigenvalue weighted by atomic mass is 19.1. The van der Waals surface area contributed by atoms with Crippen LogP contribution in [0, 0.1) is 11.7 Å². The summed E-state index contributed by atoms with van der Waals surface area (Å²) in [7, 11) is 0. The first-order valence-electron chi connectivity index (χ1n) is 21.0. The van der Waals surface area contributed by atoms with E-state index in [-0.39, 0.29) is 53.9 Å². The van der Waals surface area contributed by atoms with Crippen LogP contribution < -0.4 is 32.2 Å². The number of imide groups is 1. The van der Waals surface area contributed by atoms with Crippen molar-refractivity contribution in [3.05, 3.63) is 99.8 Å². The molecule has 1 atom stereocenters. The van der Waals surface area contributed by atoms with E-state index in [1.807, 2.05) is 18.2 Å². The number of anilines is 2. The maximum Gasteiger partial charge on any atom is 0.420 e. The summed E-state index contributed by atoms with van der Waals surface area (Å²) in [5, 5.41) is 9.03. The molecule has 15 nitrogen and oxygen atoms in total. The van der Waals surface area contributed by atoms with Gasteiger partial charge < -0.3 is 24.9 Å². The van der Waals surface area contributed by atoms with Crippen LogP contribution in [0.25, 0.3) is 28.0 Å². The van der Waals surface area contributed by atoms with Crippen LogP contribution in [0.5, 0.6) is 0 Å². The largest absolute Gasteiger partial charge is 0.420 e. The van der Waals surface area contributed by atoms with Crippen molar-refractivity contribution in [3.8, 4) is 16.9 Å². The molecule has 1 saturated carbocycles. The number of oxazole rings is 1. The molecule has 3 saturated heterocycles. The Kier molecular flexibility index (Phi) is 11.0. The fourth-order valence-electron chi connectivity index (χ4n) is 9.43. The Labute approximate surface area is 345 Å². The zero-order valence-corrected chi connectivity index (χ0v) is 33.2. The number of halogens is 1. The Balaban J connectivity index is 0.720. The summed E-state index contributed by atoms with van der Waals surface area (Å²) in [6.45, 7) is 3.48. The van der Waals surface area contributed by atoms with Crippen molar-refractivity contribution in [2.24, 2.45) is 5.92 Å². The molecule has 1 unspecified atom stereocenters. The van der Waals surface area contributed by atoms with E-state index in [1.54, 1.807) is 42.6 Å². The highest BCUT2D eigenvalue weighted by Gasteiger charge is 2.34. The Bertz CT molecular complexity index is 2530. The first-order chi connectivity index (χ1) is 29.2. The van der Waals surface area contributed by atoms with Crippen LogP contribution in [0.2, 0.25) is 0 Å². The molecular formula is C44H48FN9O6. The lowest BCUT2D eigenvalue weighted by Crippen LogP contribution is -2.50. The minimum absolute atomic E-state index is 0.00360. The van der Waals surface area contributed by atoms with Gasteiger partial charge in [0.2, 0.25) is 23.7 Å². The topological polar surface area (TPSA) is 177 Å². The third kappa shape index (κ3) is 8.20. The lowest BCUT2D eigenvalue weighted by Gasteiger charge is -2.42. The lowest BCUT2D eigenvalue weighted by molar-refractivity contribution is -0.135. The summed E-state index contributed by atoms with van der Waals surface area (Å²) in [5.41, 5.74) is 3.06. The standard InChI is InChI=1S/C44H48FN9O6/c45-34-26-46-43(50-40(34)28-4-3-5-33(24-28)53-19-2-1-6-39(53)56)48-30-9-7-29(8-10-30)47-41(57)27-15-20-51(21-16-27)31-17-22-52(23-18-31)32-11-12-35-37(25-32)60-44(59)54(35)36-13-14-38(55)49-42(36)58/h1-6,11-12,19,24-27,29-31,36H,7-10,13-18,20-23H2,(H,47,57)(H,46,48,50)(H,49,55,58). The molecule has 6 heterocycles. The maximum absolute atomic E-state index is 15.0. The van der Waals surface area contributed by atoms with Crippen molar-refractivity contribution < 1.29 is 23.2 Å². The summed E-state index contributed by atoms with van der Waals surface area (Å²) < 4.78 is 23.4. The first-order valence-corrected chi connectivity index (χ1v) is 21.0. The molecule has 5 aromatic rings. The highest BCUT2D eigenvalue weighted by molar-refractivity contribution is 6.00. The molecule has 2 aromatic carbocycles. The molecule has 312 valence electrons. The van der Waals surface area contributed by atoms with Crippen molar-refractivity contribution in [2.45, 2.75) is 88.4 Å². The van der Waals surface area contributed by atoms with Gasteiger partial charge in [0, 0.05) is 78.8 Å². The molecule has 3 aromatic heterocycles. The Morgan fingerprint density at radius 3 is 2.37 bits per heavy atom. The van der Waals surface area contributed by atoms with Gasteiger partial charge in [-0.2, -0.15) is 0 Å². The minimum atomic E-state index is -0.772. The van der Waals surface area contributed by atoms with Crippen LogP contribution in [0.15, 0.2) is 87.1 Å². The number of fused-ring (bicyclic) bond motifs is 1. The number of amides is 3. The molecule has 4 aliphatic rings. The summed E-state index contributed by atoms with van der Waals surface area (Å²) in [6.07, 6.45) is 10.2. The second-order valence-corrected chi connectivity index (χ2v) is 16.4. The summed E-state index contributed by atoms with van der Waals surface area (Å²) in [5.74, 6) is -1.50. The number of rotatable bonds is 9. The third-order valence-electron chi connectivity index (χ3n) is 12.7. The highest BCUT2D eigenvalue weighted by Crippen LogP contribution is 2.31. The van der Waals surface area contributed by atoms with E-state index in [9.17, 15) is 28.4 Å². The fourth-order valence-corrected chi connectivity index (χ4v) is 9.43. The number of nitrogens with zero attached hydrogens (tertiary/aromatic N) is 6. The molecule has 0 spiro atoms. The zero-order valence-electron chi connectivity index (χ0n) is 33.2.